The van der Waals surface area contributed by atoms with Gasteiger partial charge in [-0.3, -0.25) is 4.68 Å². The van der Waals surface area contributed by atoms with Crippen LogP contribution >= 0.6 is 0 Å². The summed E-state index contributed by atoms with van der Waals surface area (Å²) in [6.45, 7) is 2.15. The van der Waals surface area contributed by atoms with Gasteiger partial charge in [0.15, 0.2) is 0 Å². The van der Waals surface area contributed by atoms with E-state index in [-0.39, 0.29) is 4.90 Å². The first-order valence-electron chi connectivity index (χ1n) is 9.98. The van der Waals surface area contributed by atoms with Gasteiger partial charge in [-0.1, -0.05) is 24.6 Å². The highest BCUT2D eigenvalue weighted by Crippen LogP contribution is 2.36. The molecule has 1 atom stereocenters. The van der Waals surface area contributed by atoms with Crippen LogP contribution in [-0.4, -0.2) is 41.1 Å². The van der Waals surface area contributed by atoms with Crippen molar-refractivity contribution in [3.05, 3.63) is 59.6 Å². The molecule has 0 spiro atoms. The van der Waals surface area contributed by atoms with E-state index in [4.69, 9.17) is 9.15 Å². The average Bonchev–Trinajstić information content (AvgIpc) is 3.34. The Morgan fingerprint density at radius 2 is 2.07 bits per heavy atom. The monoisotopic (exact) mass is 430 g/mol. The molecule has 9 heteroatoms. The smallest absolute Gasteiger partial charge is 0.247 e. The lowest BCUT2D eigenvalue weighted by molar-refractivity contribution is 0.216. The number of nitrogens with zero attached hydrogens (tertiary/aromatic N) is 4. The number of ether oxygens (including phenoxy) is 1. The van der Waals surface area contributed by atoms with Crippen LogP contribution in [0.4, 0.5) is 0 Å². The molecule has 1 aliphatic rings. The molecule has 1 saturated heterocycles. The van der Waals surface area contributed by atoms with Crippen molar-refractivity contribution in [2.75, 3.05) is 13.7 Å². The van der Waals surface area contributed by atoms with Crippen LogP contribution in [0.5, 0.6) is 5.75 Å². The Hall–Kier alpha value is -2.65. The fourth-order valence-corrected chi connectivity index (χ4v) is 5.84. The van der Waals surface area contributed by atoms with Crippen molar-refractivity contribution in [3.63, 3.8) is 0 Å². The fourth-order valence-electron chi connectivity index (χ4n) is 3.99. The van der Waals surface area contributed by atoms with Gasteiger partial charge in [0.25, 0.3) is 0 Å². The van der Waals surface area contributed by atoms with Crippen LogP contribution in [0.15, 0.2) is 46.0 Å². The van der Waals surface area contributed by atoms with Gasteiger partial charge >= 0.3 is 0 Å². The molecule has 0 N–H and O–H groups in total. The summed E-state index contributed by atoms with van der Waals surface area (Å²) in [7, 11) is -0.345. The van der Waals surface area contributed by atoms with Crippen molar-refractivity contribution in [1.82, 2.24) is 19.1 Å². The Kier molecular flexibility index (Phi) is 5.66. The molecular formula is C21H26N4O4S. The summed E-state index contributed by atoms with van der Waals surface area (Å²) in [5.74, 6) is 1.89. The first-order chi connectivity index (χ1) is 14.4. The van der Waals surface area contributed by atoms with Crippen LogP contribution in [0.2, 0.25) is 0 Å². The molecule has 160 valence electrons. The van der Waals surface area contributed by atoms with E-state index in [2.05, 4.69) is 10.1 Å². The zero-order chi connectivity index (χ0) is 21.3. The number of hydrogen-bond donors (Lipinski definition) is 0. The Labute approximate surface area is 176 Å². The van der Waals surface area contributed by atoms with Crippen LogP contribution in [0.3, 0.4) is 0 Å². The molecule has 1 aliphatic heterocycles. The lowest BCUT2D eigenvalue weighted by Gasteiger charge is -2.32. The lowest BCUT2D eigenvalue weighted by atomic mass is 10.1. The van der Waals surface area contributed by atoms with Crippen molar-refractivity contribution < 1.29 is 17.6 Å². The van der Waals surface area contributed by atoms with E-state index in [1.165, 1.54) is 8.99 Å². The number of piperidine rings is 1. The second kappa shape index (κ2) is 8.23. The molecule has 8 nitrogen and oxygen atoms in total. The number of hydrogen-bond acceptors (Lipinski definition) is 6. The molecule has 3 heterocycles. The summed E-state index contributed by atoms with van der Waals surface area (Å²) in [6.07, 6.45) is 6.16. The van der Waals surface area contributed by atoms with Crippen LogP contribution < -0.4 is 4.74 Å². The minimum Gasteiger partial charge on any atom is -0.496 e. The van der Waals surface area contributed by atoms with Gasteiger partial charge in [-0.15, -0.1) is 0 Å². The Morgan fingerprint density at radius 3 is 2.80 bits per heavy atom. The molecule has 0 radical (unpaired) electrons. The minimum atomic E-state index is -3.70. The van der Waals surface area contributed by atoms with Crippen molar-refractivity contribution >= 4 is 10.0 Å². The summed E-state index contributed by atoms with van der Waals surface area (Å²) >= 11 is 0. The van der Waals surface area contributed by atoms with Crippen molar-refractivity contribution in [3.8, 4) is 5.75 Å². The normalized spacial score (nSPS) is 17.9. The first kappa shape index (κ1) is 20.6. The van der Waals surface area contributed by atoms with E-state index >= 15 is 0 Å². The number of para-hydroxylation sites is 1. The number of aromatic nitrogens is 3. The van der Waals surface area contributed by atoms with E-state index in [1.807, 2.05) is 24.3 Å². The highest BCUT2D eigenvalue weighted by Gasteiger charge is 2.38. The maximum Gasteiger partial charge on any atom is 0.247 e. The van der Waals surface area contributed by atoms with Gasteiger partial charge in [-0.25, -0.2) is 13.4 Å². The van der Waals surface area contributed by atoms with Gasteiger partial charge in [0.05, 0.1) is 19.0 Å². The van der Waals surface area contributed by atoms with Crippen LogP contribution in [0.1, 0.15) is 48.2 Å². The number of methoxy groups -OCH3 is 1. The maximum absolute atomic E-state index is 13.4. The Morgan fingerprint density at radius 1 is 1.27 bits per heavy atom. The Balaban J connectivity index is 1.62. The van der Waals surface area contributed by atoms with Crippen LogP contribution in [0, 0.1) is 6.92 Å². The first-order valence-corrected chi connectivity index (χ1v) is 11.4. The molecule has 3 aromatic rings. The molecule has 0 aliphatic carbocycles. The average molecular weight is 431 g/mol. The van der Waals surface area contributed by atoms with Crippen LogP contribution in [0.25, 0.3) is 0 Å². The molecule has 0 unspecified atom stereocenters. The third kappa shape index (κ3) is 3.87. The molecule has 0 amide bonds. The van der Waals surface area contributed by atoms with Gasteiger partial charge in [0.2, 0.25) is 15.9 Å². The summed E-state index contributed by atoms with van der Waals surface area (Å²) in [6, 6.07) is 7.32. The van der Waals surface area contributed by atoms with Crippen molar-refractivity contribution in [2.45, 2.75) is 43.5 Å². The van der Waals surface area contributed by atoms with Gasteiger partial charge in [-0.2, -0.15) is 9.40 Å². The van der Waals surface area contributed by atoms with E-state index in [0.717, 1.165) is 24.2 Å². The van der Waals surface area contributed by atoms with Gasteiger partial charge in [-0.05, 0) is 25.8 Å². The van der Waals surface area contributed by atoms with Gasteiger partial charge in [0.1, 0.15) is 22.4 Å². The SMILES string of the molecule is COc1ccccc1Cc1cnc([C@H]2CCCCN2S(=O)(=O)c2cn(C)nc2C)o1. The van der Waals surface area contributed by atoms with E-state index in [9.17, 15) is 8.42 Å². The topological polar surface area (TPSA) is 90.5 Å². The number of rotatable bonds is 6. The highest BCUT2D eigenvalue weighted by molar-refractivity contribution is 7.89. The quantitative estimate of drug-likeness (QED) is 0.596. The molecule has 0 bridgehead atoms. The zero-order valence-corrected chi connectivity index (χ0v) is 18.2. The minimum absolute atomic E-state index is 0.234. The molecular weight excluding hydrogens is 404 g/mol. The number of benzene rings is 1. The van der Waals surface area contributed by atoms with Crippen LogP contribution in [-0.2, 0) is 23.5 Å². The van der Waals surface area contributed by atoms with Gasteiger partial charge in [0, 0.05) is 31.8 Å². The van der Waals surface area contributed by atoms with Gasteiger partial charge < -0.3 is 9.15 Å². The van der Waals surface area contributed by atoms with E-state index in [0.29, 0.717) is 36.7 Å². The molecule has 2 aromatic heterocycles. The van der Waals surface area contributed by atoms with E-state index in [1.54, 1.807) is 33.5 Å². The third-order valence-corrected chi connectivity index (χ3v) is 7.43. The third-order valence-electron chi connectivity index (χ3n) is 5.42. The van der Waals surface area contributed by atoms with E-state index < -0.39 is 16.1 Å². The molecule has 30 heavy (non-hydrogen) atoms. The summed E-state index contributed by atoms with van der Waals surface area (Å²) in [5.41, 5.74) is 1.48. The Bertz CT molecular complexity index is 1140. The molecule has 4 rings (SSSR count). The molecule has 1 fully saturated rings. The second-order valence-electron chi connectivity index (χ2n) is 7.53. The van der Waals surface area contributed by atoms with Crippen molar-refractivity contribution in [1.29, 1.82) is 0 Å². The maximum atomic E-state index is 13.4. The number of sulfonamides is 1. The summed E-state index contributed by atoms with van der Waals surface area (Å²) in [5, 5.41) is 4.20. The summed E-state index contributed by atoms with van der Waals surface area (Å²) in [4.78, 5) is 4.68. The zero-order valence-electron chi connectivity index (χ0n) is 17.4. The van der Waals surface area contributed by atoms with Crippen molar-refractivity contribution in [2.24, 2.45) is 7.05 Å². The predicted molar refractivity (Wildman–Crippen MR) is 111 cm³/mol. The standard InChI is InChI=1S/C21H26N4O4S/c1-15-20(14-24(2)23-15)30(26,27)25-11-7-6-9-18(25)21-22-13-17(29-21)12-16-8-4-5-10-19(16)28-3/h4-5,8,10,13-14,18H,6-7,9,11-12H2,1-3H3/t18-/m1/s1. The summed E-state index contributed by atoms with van der Waals surface area (Å²) < 4.78 is 41.2. The fraction of sp³-hybridized carbons (Fsp3) is 0.429. The number of aryl methyl sites for hydroxylation is 2. The number of oxazole rings is 1. The lowest BCUT2D eigenvalue weighted by Crippen LogP contribution is -2.38. The predicted octanol–water partition coefficient (Wildman–Crippen LogP) is 3.23. The molecule has 1 aromatic carbocycles. The highest BCUT2D eigenvalue weighted by atomic mass is 32.2. The largest absolute Gasteiger partial charge is 0.496 e. The molecule has 0 saturated carbocycles. The second-order valence-corrected chi connectivity index (χ2v) is 9.39.